The summed E-state index contributed by atoms with van der Waals surface area (Å²) in [6, 6.07) is 0. The summed E-state index contributed by atoms with van der Waals surface area (Å²) in [6.45, 7) is 9.45. The molecule has 0 aliphatic heterocycles. The van der Waals surface area contributed by atoms with Crippen molar-refractivity contribution in [3.05, 3.63) is 22.8 Å². The van der Waals surface area contributed by atoms with Crippen molar-refractivity contribution in [1.29, 1.82) is 0 Å². The van der Waals surface area contributed by atoms with Crippen molar-refractivity contribution in [3.8, 4) is 0 Å². The van der Waals surface area contributed by atoms with Crippen molar-refractivity contribution in [2.24, 2.45) is 5.92 Å². The van der Waals surface area contributed by atoms with Gasteiger partial charge in [0.1, 0.15) is 5.82 Å². The first kappa shape index (κ1) is 14.5. The zero-order valence-corrected chi connectivity index (χ0v) is 12.3. The maximum absolute atomic E-state index is 4.58. The van der Waals surface area contributed by atoms with Gasteiger partial charge in [0, 0.05) is 23.5 Å². The van der Waals surface area contributed by atoms with Crippen LogP contribution in [0.2, 0.25) is 0 Å². The highest BCUT2D eigenvalue weighted by atomic mass is 32.2. The van der Waals surface area contributed by atoms with Crippen LogP contribution in [-0.4, -0.2) is 22.8 Å². The number of aromatic nitrogens is 2. The molecule has 0 aromatic carbocycles. The summed E-state index contributed by atoms with van der Waals surface area (Å²) in [6.07, 6.45) is 0. The van der Waals surface area contributed by atoms with E-state index >= 15 is 0 Å². The molecule has 96 valence electrons. The summed E-state index contributed by atoms with van der Waals surface area (Å²) >= 11 is 1.91. The largest absolute Gasteiger partial charge is 0.316 e. The van der Waals surface area contributed by atoms with Gasteiger partial charge in [-0.05, 0) is 32.6 Å². The Morgan fingerprint density at radius 1 is 1.18 bits per heavy atom. The van der Waals surface area contributed by atoms with E-state index in [1.807, 2.05) is 18.8 Å². The zero-order valence-electron chi connectivity index (χ0n) is 11.5. The Labute approximate surface area is 109 Å². The van der Waals surface area contributed by atoms with Crippen molar-refractivity contribution in [2.75, 3.05) is 12.8 Å². The number of thioether (sulfide) groups is 1. The van der Waals surface area contributed by atoms with E-state index in [0.29, 0.717) is 0 Å². The van der Waals surface area contributed by atoms with Gasteiger partial charge < -0.3 is 5.32 Å². The average molecular weight is 253 g/mol. The number of hydrogen-bond donors (Lipinski definition) is 1. The molecular formula is C13H23N3S. The lowest BCUT2D eigenvalue weighted by Crippen LogP contribution is -2.12. The molecular weight excluding hydrogens is 230 g/mol. The number of nitrogens with one attached hydrogen (secondary N) is 1. The van der Waals surface area contributed by atoms with Crippen LogP contribution in [0.3, 0.4) is 0 Å². The SMILES string of the molecule is CNCc1c(C)nc(CSCC(C)C)nc1C. The Morgan fingerprint density at radius 2 is 1.76 bits per heavy atom. The highest BCUT2D eigenvalue weighted by molar-refractivity contribution is 7.98. The first-order valence-corrected chi connectivity index (χ1v) is 7.25. The van der Waals surface area contributed by atoms with E-state index in [-0.39, 0.29) is 0 Å². The minimum Gasteiger partial charge on any atom is -0.316 e. The predicted molar refractivity (Wildman–Crippen MR) is 75.3 cm³/mol. The van der Waals surface area contributed by atoms with Crippen molar-refractivity contribution in [3.63, 3.8) is 0 Å². The molecule has 1 aromatic heterocycles. The van der Waals surface area contributed by atoms with E-state index in [1.165, 1.54) is 11.3 Å². The average Bonchev–Trinajstić information content (AvgIpc) is 2.23. The second-order valence-corrected chi connectivity index (χ2v) is 5.76. The second kappa shape index (κ2) is 6.97. The summed E-state index contributed by atoms with van der Waals surface area (Å²) in [5.74, 6) is 3.77. The van der Waals surface area contributed by atoms with Gasteiger partial charge in [-0.25, -0.2) is 9.97 Å². The van der Waals surface area contributed by atoms with Gasteiger partial charge in [-0.2, -0.15) is 11.8 Å². The summed E-state index contributed by atoms with van der Waals surface area (Å²) in [7, 11) is 1.95. The number of rotatable bonds is 6. The molecule has 0 saturated carbocycles. The topological polar surface area (TPSA) is 37.8 Å². The highest BCUT2D eigenvalue weighted by Crippen LogP contribution is 2.15. The van der Waals surface area contributed by atoms with E-state index < -0.39 is 0 Å². The van der Waals surface area contributed by atoms with E-state index in [9.17, 15) is 0 Å². The standard InChI is InChI=1S/C13H23N3S/c1-9(2)7-17-8-13-15-10(3)12(6-14-5)11(4)16-13/h9,14H,6-8H2,1-5H3. The minimum atomic E-state index is 0.728. The second-order valence-electron chi connectivity index (χ2n) is 4.73. The first-order valence-electron chi connectivity index (χ1n) is 6.10. The van der Waals surface area contributed by atoms with Crippen LogP contribution in [0, 0.1) is 19.8 Å². The Bertz CT molecular complexity index is 341. The fourth-order valence-electron chi connectivity index (χ4n) is 1.69. The van der Waals surface area contributed by atoms with Gasteiger partial charge in [0.25, 0.3) is 0 Å². The molecule has 1 heterocycles. The smallest absolute Gasteiger partial charge is 0.138 e. The molecule has 0 saturated heterocycles. The normalized spacial score (nSPS) is 11.2. The molecule has 4 heteroatoms. The maximum atomic E-state index is 4.58. The van der Waals surface area contributed by atoms with Crippen LogP contribution in [0.5, 0.6) is 0 Å². The zero-order chi connectivity index (χ0) is 12.8. The lowest BCUT2D eigenvalue weighted by Gasteiger charge is -2.10. The predicted octanol–water partition coefficient (Wildman–Crippen LogP) is 2.70. The van der Waals surface area contributed by atoms with Crippen LogP contribution in [0.1, 0.15) is 36.6 Å². The van der Waals surface area contributed by atoms with Crippen LogP contribution in [-0.2, 0) is 12.3 Å². The molecule has 1 aromatic rings. The summed E-state index contributed by atoms with van der Waals surface area (Å²) in [5.41, 5.74) is 3.43. The van der Waals surface area contributed by atoms with Gasteiger partial charge in [-0.3, -0.25) is 0 Å². The molecule has 0 fully saturated rings. The van der Waals surface area contributed by atoms with Crippen LogP contribution < -0.4 is 5.32 Å². The molecule has 17 heavy (non-hydrogen) atoms. The van der Waals surface area contributed by atoms with E-state index in [2.05, 4.69) is 43.0 Å². The summed E-state index contributed by atoms with van der Waals surface area (Å²) in [4.78, 5) is 9.15. The van der Waals surface area contributed by atoms with E-state index in [1.54, 1.807) is 0 Å². The van der Waals surface area contributed by atoms with Gasteiger partial charge in [0.2, 0.25) is 0 Å². The lowest BCUT2D eigenvalue weighted by molar-refractivity contribution is 0.749. The van der Waals surface area contributed by atoms with Crippen LogP contribution >= 0.6 is 11.8 Å². The molecule has 1 rings (SSSR count). The molecule has 3 nitrogen and oxygen atoms in total. The Kier molecular flexibility index (Phi) is 5.92. The van der Waals surface area contributed by atoms with Crippen LogP contribution in [0.25, 0.3) is 0 Å². The third kappa shape index (κ3) is 4.64. The van der Waals surface area contributed by atoms with E-state index in [0.717, 1.165) is 35.4 Å². The molecule has 0 spiro atoms. The van der Waals surface area contributed by atoms with E-state index in [4.69, 9.17) is 0 Å². The fourth-order valence-corrected chi connectivity index (χ4v) is 2.59. The molecule has 0 aliphatic carbocycles. The first-order chi connectivity index (χ1) is 8.04. The molecule has 0 atom stereocenters. The minimum absolute atomic E-state index is 0.728. The number of aryl methyl sites for hydroxylation is 2. The maximum Gasteiger partial charge on any atom is 0.138 e. The van der Waals surface area contributed by atoms with Gasteiger partial charge >= 0.3 is 0 Å². The van der Waals surface area contributed by atoms with Crippen LogP contribution in [0.4, 0.5) is 0 Å². The summed E-state index contributed by atoms with van der Waals surface area (Å²) in [5, 5.41) is 3.16. The van der Waals surface area contributed by atoms with Crippen molar-refractivity contribution in [1.82, 2.24) is 15.3 Å². The lowest BCUT2D eigenvalue weighted by atomic mass is 10.1. The quantitative estimate of drug-likeness (QED) is 0.846. The van der Waals surface area contributed by atoms with Gasteiger partial charge in [-0.1, -0.05) is 13.8 Å². The Morgan fingerprint density at radius 3 is 2.24 bits per heavy atom. The fraction of sp³-hybridized carbons (Fsp3) is 0.692. The number of hydrogen-bond acceptors (Lipinski definition) is 4. The molecule has 1 N–H and O–H groups in total. The van der Waals surface area contributed by atoms with Gasteiger partial charge in [-0.15, -0.1) is 0 Å². The molecule has 0 unspecified atom stereocenters. The molecule has 0 aliphatic rings. The molecule has 0 radical (unpaired) electrons. The third-order valence-electron chi connectivity index (χ3n) is 2.50. The monoisotopic (exact) mass is 253 g/mol. The molecule has 0 amide bonds. The number of nitrogens with zero attached hydrogens (tertiary/aromatic N) is 2. The third-order valence-corrected chi connectivity index (χ3v) is 3.87. The van der Waals surface area contributed by atoms with Gasteiger partial charge in [0.05, 0.1) is 5.75 Å². The highest BCUT2D eigenvalue weighted by Gasteiger charge is 2.07. The molecule has 0 bridgehead atoms. The summed E-state index contributed by atoms with van der Waals surface area (Å²) < 4.78 is 0. The Hall–Kier alpha value is -0.610. The van der Waals surface area contributed by atoms with Crippen molar-refractivity contribution < 1.29 is 0 Å². The van der Waals surface area contributed by atoms with Crippen molar-refractivity contribution >= 4 is 11.8 Å². The Balaban J connectivity index is 2.69. The van der Waals surface area contributed by atoms with Crippen molar-refractivity contribution in [2.45, 2.75) is 40.0 Å². The van der Waals surface area contributed by atoms with Crippen LogP contribution in [0.15, 0.2) is 0 Å². The van der Waals surface area contributed by atoms with Gasteiger partial charge in [0.15, 0.2) is 0 Å².